The molecule has 2 heterocycles. The van der Waals surface area contributed by atoms with Crippen molar-refractivity contribution in [2.75, 3.05) is 6.54 Å². The van der Waals surface area contributed by atoms with Crippen LogP contribution in [0.2, 0.25) is 5.15 Å². The van der Waals surface area contributed by atoms with Gasteiger partial charge in [0.05, 0.1) is 5.52 Å². The number of hydrogen-bond acceptors (Lipinski definition) is 2. The summed E-state index contributed by atoms with van der Waals surface area (Å²) < 4.78 is 1.83. The molecule has 1 fully saturated rings. The zero-order valence-corrected chi connectivity index (χ0v) is 10.7. The molecule has 0 radical (unpaired) electrons. The summed E-state index contributed by atoms with van der Waals surface area (Å²) in [6, 6.07) is 6.95. The van der Waals surface area contributed by atoms with Gasteiger partial charge in [-0.1, -0.05) is 24.1 Å². The number of nitrogens with zero attached hydrogens (tertiary/aromatic N) is 2. The predicted octanol–water partition coefficient (Wildman–Crippen LogP) is 3.04. The molecule has 0 amide bonds. The van der Waals surface area contributed by atoms with Crippen molar-refractivity contribution in [3.63, 3.8) is 0 Å². The van der Waals surface area contributed by atoms with Crippen LogP contribution in [-0.2, 0) is 7.05 Å². The van der Waals surface area contributed by atoms with Gasteiger partial charge in [-0.15, -0.1) is 0 Å². The Hall–Kier alpha value is -1.06. The van der Waals surface area contributed by atoms with Crippen LogP contribution in [0, 0.1) is 0 Å². The van der Waals surface area contributed by atoms with Crippen molar-refractivity contribution in [2.24, 2.45) is 7.05 Å². The Morgan fingerprint density at radius 2 is 2.29 bits per heavy atom. The third-order valence-electron chi connectivity index (χ3n) is 3.54. The zero-order valence-electron chi connectivity index (χ0n) is 9.91. The van der Waals surface area contributed by atoms with Crippen LogP contribution in [0.1, 0.15) is 30.9 Å². The zero-order chi connectivity index (χ0) is 11.8. The molecule has 0 saturated carbocycles. The van der Waals surface area contributed by atoms with Gasteiger partial charge >= 0.3 is 0 Å². The highest BCUT2D eigenvalue weighted by Crippen LogP contribution is 2.29. The molecular weight excluding hydrogens is 234 g/mol. The summed E-state index contributed by atoms with van der Waals surface area (Å²) in [5.74, 6) is 0. The molecule has 90 valence electrons. The van der Waals surface area contributed by atoms with Crippen molar-refractivity contribution < 1.29 is 0 Å². The van der Waals surface area contributed by atoms with Crippen molar-refractivity contribution in [1.82, 2.24) is 15.1 Å². The summed E-state index contributed by atoms with van der Waals surface area (Å²) >= 11 is 6.14. The fourth-order valence-corrected chi connectivity index (χ4v) is 2.86. The van der Waals surface area contributed by atoms with E-state index in [1.165, 1.54) is 24.8 Å². The normalized spacial score (nSPS) is 20.9. The van der Waals surface area contributed by atoms with E-state index in [0.29, 0.717) is 11.2 Å². The second-order valence-corrected chi connectivity index (χ2v) is 5.05. The minimum absolute atomic E-state index is 0.476. The van der Waals surface area contributed by atoms with E-state index in [1.54, 1.807) is 0 Å². The number of benzene rings is 1. The first-order chi connectivity index (χ1) is 8.25. The van der Waals surface area contributed by atoms with Crippen LogP contribution in [-0.4, -0.2) is 16.3 Å². The fraction of sp³-hybridized carbons (Fsp3) is 0.462. The predicted molar refractivity (Wildman–Crippen MR) is 70.3 cm³/mol. The number of halogens is 1. The summed E-state index contributed by atoms with van der Waals surface area (Å²) in [4.78, 5) is 0. The molecule has 0 bridgehead atoms. The average Bonchev–Trinajstić information content (AvgIpc) is 2.66. The molecule has 3 nitrogen and oxygen atoms in total. The summed E-state index contributed by atoms with van der Waals surface area (Å²) in [6.07, 6.45) is 3.80. The fourth-order valence-electron chi connectivity index (χ4n) is 2.59. The van der Waals surface area contributed by atoms with E-state index < -0.39 is 0 Å². The monoisotopic (exact) mass is 249 g/mol. The Labute approximate surface area is 106 Å². The first-order valence-corrected chi connectivity index (χ1v) is 6.49. The van der Waals surface area contributed by atoms with Crippen molar-refractivity contribution >= 4 is 22.5 Å². The van der Waals surface area contributed by atoms with E-state index in [9.17, 15) is 0 Å². The van der Waals surface area contributed by atoms with Gasteiger partial charge in [-0.25, -0.2) is 0 Å². The number of rotatable bonds is 1. The molecule has 1 aromatic carbocycles. The lowest BCUT2D eigenvalue weighted by atomic mass is 9.97. The third kappa shape index (κ3) is 1.94. The first-order valence-electron chi connectivity index (χ1n) is 6.11. The number of nitrogens with one attached hydrogen (secondary N) is 1. The van der Waals surface area contributed by atoms with E-state index in [2.05, 4.69) is 28.6 Å². The summed E-state index contributed by atoms with van der Waals surface area (Å²) in [5, 5.41) is 9.45. The highest BCUT2D eigenvalue weighted by Gasteiger charge is 2.16. The Morgan fingerprint density at radius 3 is 3.06 bits per heavy atom. The maximum Gasteiger partial charge on any atom is 0.158 e. The largest absolute Gasteiger partial charge is 0.310 e. The van der Waals surface area contributed by atoms with E-state index in [0.717, 1.165) is 17.4 Å². The van der Waals surface area contributed by atoms with Crippen LogP contribution in [0.15, 0.2) is 18.2 Å². The standard InChI is InChI=1S/C13H16ClN3/c1-17-12-6-5-9(8-10(12)13(14)16-17)11-4-2-3-7-15-11/h5-6,8,11,15H,2-4,7H2,1H3. The molecule has 0 aliphatic carbocycles. The molecule has 1 N–H and O–H groups in total. The Bertz CT molecular complexity index is 541. The van der Waals surface area contributed by atoms with Crippen molar-refractivity contribution in [3.05, 3.63) is 28.9 Å². The molecule has 1 aliphatic rings. The molecule has 0 spiro atoms. The molecule has 4 heteroatoms. The molecule has 1 saturated heterocycles. The highest BCUT2D eigenvalue weighted by molar-refractivity contribution is 6.34. The van der Waals surface area contributed by atoms with Crippen molar-refractivity contribution in [2.45, 2.75) is 25.3 Å². The Morgan fingerprint density at radius 1 is 1.41 bits per heavy atom. The van der Waals surface area contributed by atoms with Gasteiger partial charge in [0.25, 0.3) is 0 Å². The minimum Gasteiger partial charge on any atom is -0.310 e. The smallest absolute Gasteiger partial charge is 0.158 e. The minimum atomic E-state index is 0.476. The van der Waals surface area contributed by atoms with Gasteiger partial charge in [0.15, 0.2) is 5.15 Å². The SMILES string of the molecule is Cn1nc(Cl)c2cc(C3CCCCN3)ccc21. The van der Waals surface area contributed by atoms with Gasteiger partial charge in [-0.05, 0) is 37.1 Å². The van der Waals surface area contributed by atoms with Crippen LogP contribution in [0.3, 0.4) is 0 Å². The Kier molecular flexibility index (Phi) is 2.81. The van der Waals surface area contributed by atoms with E-state index in [-0.39, 0.29) is 0 Å². The number of aromatic nitrogens is 2. The molecule has 2 aromatic rings. The average molecular weight is 250 g/mol. The summed E-state index contributed by atoms with van der Waals surface area (Å²) in [7, 11) is 1.92. The number of piperidine rings is 1. The van der Waals surface area contributed by atoms with E-state index in [1.807, 2.05) is 11.7 Å². The quantitative estimate of drug-likeness (QED) is 0.842. The van der Waals surface area contributed by atoms with Crippen molar-refractivity contribution in [1.29, 1.82) is 0 Å². The van der Waals surface area contributed by atoms with Gasteiger partial charge < -0.3 is 5.32 Å². The molecule has 3 rings (SSSR count). The van der Waals surface area contributed by atoms with Gasteiger partial charge in [0.1, 0.15) is 0 Å². The van der Waals surface area contributed by atoms with Crippen LogP contribution >= 0.6 is 11.6 Å². The first kappa shape index (κ1) is 11.1. The number of aryl methyl sites for hydroxylation is 1. The maximum atomic E-state index is 6.14. The van der Waals surface area contributed by atoms with Crippen LogP contribution in [0.5, 0.6) is 0 Å². The van der Waals surface area contributed by atoms with Gasteiger partial charge in [0.2, 0.25) is 0 Å². The van der Waals surface area contributed by atoms with Crippen molar-refractivity contribution in [3.8, 4) is 0 Å². The summed E-state index contributed by atoms with van der Waals surface area (Å²) in [6.45, 7) is 1.11. The van der Waals surface area contributed by atoms with E-state index in [4.69, 9.17) is 11.6 Å². The molecule has 1 atom stereocenters. The van der Waals surface area contributed by atoms with Gasteiger partial charge in [0, 0.05) is 18.5 Å². The molecule has 1 unspecified atom stereocenters. The molecule has 1 aliphatic heterocycles. The second-order valence-electron chi connectivity index (χ2n) is 4.69. The lowest BCUT2D eigenvalue weighted by Gasteiger charge is -2.23. The number of hydrogen-bond donors (Lipinski definition) is 1. The molecular formula is C13H16ClN3. The van der Waals surface area contributed by atoms with Crippen LogP contribution in [0.4, 0.5) is 0 Å². The molecule has 17 heavy (non-hydrogen) atoms. The lowest BCUT2D eigenvalue weighted by molar-refractivity contribution is 0.412. The van der Waals surface area contributed by atoms with E-state index >= 15 is 0 Å². The number of fused-ring (bicyclic) bond motifs is 1. The third-order valence-corrected chi connectivity index (χ3v) is 3.82. The molecule has 1 aromatic heterocycles. The van der Waals surface area contributed by atoms with Crippen LogP contribution < -0.4 is 5.32 Å². The Balaban J connectivity index is 2.03. The second kappa shape index (κ2) is 4.31. The van der Waals surface area contributed by atoms with Crippen LogP contribution in [0.25, 0.3) is 10.9 Å². The topological polar surface area (TPSA) is 29.9 Å². The van der Waals surface area contributed by atoms with Gasteiger partial charge in [-0.2, -0.15) is 5.10 Å². The lowest BCUT2D eigenvalue weighted by Crippen LogP contribution is -2.26. The van der Waals surface area contributed by atoms with Gasteiger partial charge in [-0.3, -0.25) is 4.68 Å². The summed E-state index contributed by atoms with van der Waals surface area (Å²) in [5.41, 5.74) is 2.42. The highest BCUT2D eigenvalue weighted by atomic mass is 35.5. The maximum absolute atomic E-state index is 6.14.